The molecule has 0 aliphatic rings. The van der Waals surface area contributed by atoms with Gasteiger partial charge in [-0.3, -0.25) is 9.27 Å². The topological polar surface area (TPSA) is 82.4 Å². The van der Waals surface area contributed by atoms with Gasteiger partial charge in [0.15, 0.2) is 0 Å². The van der Waals surface area contributed by atoms with Crippen LogP contribution in [0.4, 0.5) is 5.69 Å². The van der Waals surface area contributed by atoms with Crippen LogP contribution in [0.1, 0.15) is 11.1 Å². The molecule has 0 saturated heterocycles. The monoisotopic (exact) mass is 356 g/mol. The van der Waals surface area contributed by atoms with Crippen molar-refractivity contribution in [3.63, 3.8) is 0 Å². The summed E-state index contributed by atoms with van der Waals surface area (Å²) >= 11 is 9.60. The normalized spacial score (nSPS) is 11.5. The van der Waals surface area contributed by atoms with E-state index in [0.717, 1.165) is 0 Å². The molecular formula is C14H10Cl2N2O3S. The summed E-state index contributed by atoms with van der Waals surface area (Å²) in [5.41, 5.74) is 1.35. The van der Waals surface area contributed by atoms with Gasteiger partial charge in [0.2, 0.25) is 0 Å². The number of hydrogen-bond donors (Lipinski definition) is 2. The molecule has 1 atom stereocenters. The zero-order chi connectivity index (χ0) is 16.1. The molecular weight excluding hydrogens is 347 g/mol. The van der Waals surface area contributed by atoms with Gasteiger partial charge in [0.25, 0.3) is 11.3 Å². The molecule has 0 heterocycles. The van der Waals surface area contributed by atoms with Gasteiger partial charge in [-0.05, 0) is 36.4 Å². The van der Waals surface area contributed by atoms with E-state index in [1.807, 2.05) is 6.07 Å². The van der Waals surface area contributed by atoms with E-state index in [4.69, 9.17) is 37.8 Å². The molecule has 8 heteroatoms. The molecule has 0 saturated carbocycles. The van der Waals surface area contributed by atoms with E-state index in [1.165, 1.54) is 12.1 Å². The fourth-order valence-corrected chi connectivity index (χ4v) is 2.57. The van der Waals surface area contributed by atoms with Gasteiger partial charge in [-0.25, -0.2) is 4.21 Å². The smallest absolute Gasteiger partial charge is 0.259 e. The minimum Gasteiger partial charge on any atom is -0.487 e. The second-order valence-corrected chi connectivity index (χ2v) is 5.74. The maximum Gasteiger partial charge on any atom is 0.259 e. The molecule has 2 N–H and O–H groups in total. The lowest BCUT2D eigenvalue weighted by Gasteiger charge is -2.12. The fraction of sp³-hybridized carbons (Fsp3) is 0.0714. The lowest BCUT2D eigenvalue weighted by Crippen LogP contribution is -2.07. The minimum absolute atomic E-state index is 0.0659. The quantitative estimate of drug-likeness (QED) is 0.793. The Bertz CT molecular complexity index is 762. The Hall–Kier alpha value is -1.78. The van der Waals surface area contributed by atoms with Crippen LogP contribution in [0.3, 0.4) is 0 Å². The standard InChI is InChI=1S/C14H10Cl2N2O3S/c15-11-2-4-14(12(16)6-11)21-8-10-5-9(7-17)1-3-13(10)18-22(19)20/h1-6,18H,8H2,(H,19,20). The summed E-state index contributed by atoms with van der Waals surface area (Å²) in [4.78, 5) is 0. The first-order valence-electron chi connectivity index (χ1n) is 5.98. The average Bonchev–Trinajstić information content (AvgIpc) is 2.47. The van der Waals surface area contributed by atoms with Crippen LogP contribution in [-0.4, -0.2) is 8.76 Å². The maximum absolute atomic E-state index is 10.9. The third-order valence-corrected chi connectivity index (χ3v) is 3.63. The highest BCUT2D eigenvalue weighted by molar-refractivity contribution is 7.80. The van der Waals surface area contributed by atoms with Crippen LogP contribution in [0, 0.1) is 11.3 Å². The zero-order valence-electron chi connectivity index (χ0n) is 11.0. The molecule has 0 spiro atoms. The third-order valence-electron chi connectivity index (χ3n) is 2.71. The Morgan fingerprint density at radius 3 is 2.68 bits per heavy atom. The zero-order valence-corrected chi connectivity index (χ0v) is 13.4. The maximum atomic E-state index is 10.9. The van der Waals surface area contributed by atoms with Crippen LogP contribution >= 0.6 is 23.2 Å². The van der Waals surface area contributed by atoms with E-state index in [-0.39, 0.29) is 6.61 Å². The van der Waals surface area contributed by atoms with Crippen LogP contribution in [0.2, 0.25) is 10.0 Å². The van der Waals surface area contributed by atoms with Gasteiger partial charge in [0, 0.05) is 10.6 Å². The van der Waals surface area contributed by atoms with E-state index in [2.05, 4.69) is 4.72 Å². The molecule has 2 rings (SSSR count). The molecule has 2 aromatic carbocycles. The Morgan fingerprint density at radius 1 is 1.27 bits per heavy atom. The van der Waals surface area contributed by atoms with Crippen molar-refractivity contribution in [2.45, 2.75) is 6.61 Å². The first-order chi connectivity index (χ1) is 10.5. The van der Waals surface area contributed by atoms with Crippen LogP contribution in [0.25, 0.3) is 0 Å². The molecule has 0 fully saturated rings. The summed E-state index contributed by atoms with van der Waals surface area (Å²) in [6.45, 7) is 0.0659. The van der Waals surface area contributed by atoms with Gasteiger partial charge in [-0.15, -0.1) is 0 Å². The summed E-state index contributed by atoms with van der Waals surface area (Å²) in [5, 5.41) is 9.78. The Balaban J connectivity index is 2.23. The SMILES string of the molecule is N#Cc1ccc(NS(=O)O)c(COc2ccc(Cl)cc2Cl)c1. The number of halogens is 2. The molecule has 0 aliphatic carbocycles. The van der Waals surface area contributed by atoms with E-state index < -0.39 is 11.3 Å². The number of anilines is 1. The predicted molar refractivity (Wildman–Crippen MR) is 86.3 cm³/mol. The van der Waals surface area contributed by atoms with Crippen molar-refractivity contribution in [3.05, 3.63) is 57.6 Å². The number of nitrogens with zero attached hydrogens (tertiary/aromatic N) is 1. The van der Waals surface area contributed by atoms with Crippen LogP contribution in [0.5, 0.6) is 5.75 Å². The van der Waals surface area contributed by atoms with Crippen LogP contribution in [-0.2, 0) is 17.9 Å². The van der Waals surface area contributed by atoms with E-state index in [0.29, 0.717) is 32.6 Å². The summed E-state index contributed by atoms with van der Waals surface area (Å²) in [5.74, 6) is 0.421. The highest BCUT2D eigenvalue weighted by Gasteiger charge is 2.09. The van der Waals surface area contributed by atoms with E-state index in [1.54, 1.807) is 24.3 Å². The summed E-state index contributed by atoms with van der Waals surface area (Å²) in [7, 11) is 0. The predicted octanol–water partition coefficient (Wildman–Crippen LogP) is 3.99. The second-order valence-electron chi connectivity index (χ2n) is 4.20. The molecule has 0 bridgehead atoms. The summed E-state index contributed by atoms with van der Waals surface area (Å²) in [6, 6.07) is 11.4. The van der Waals surface area contributed by atoms with Crippen molar-refractivity contribution >= 4 is 40.2 Å². The molecule has 0 aromatic heterocycles. The van der Waals surface area contributed by atoms with Crippen LogP contribution in [0.15, 0.2) is 36.4 Å². The number of nitrogens with one attached hydrogen (secondary N) is 1. The van der Waals surface area contributed by atoms with Gasteiger partial charge < -0.3 is 4.74 Å². The van der Waals surface area contributed by atoms with Crippen molar-refractivity contribution in [1.29, 1.82) is 5.26 Å². The highest BCUT2D eigenvalue weighted by Crippen LogP contribution is 2.29. The first-order valence-corrected chi connectivity index (χ1v) is 7.84. The van der Waals surface area contributed by atoms with Crippen molar-refractivity contribution in [3.8, 4) is 11.8 Å². The lowest BCUT2D eigenvalue weighted by atomic mass is 10.1. The molecule has 0 aliphatic heterocycles. The Kier molecular flexibility index (Phi) is 5.63. The average molecular weight is 357 g/mol. The van der Waals surface area contributed by atoms with Gasteiger partial charge in [0.1, 0.15) is 12.4 Å². The molecule has 22 heavy (non-hydrogen) atoms. The molecule has 2 aromatic rings. The summed E-state index contributed by atoms with van der Waals surface area (Å²) < 4.78 is 27.8. The molecule has 1 unspecified atom stereocenters. The van der Waals surface area contributed by atoms with Crippen molar-refractivity contribution in [2.75, 3.05) is 4.72 Å². The minimum atomic E-state index is -2.22. The number of hydrogen-bond acceptors (Lipinski definition) is 3. The summed E-state index contributed by atoms with van der Waals surface area (Å²) in [6.07, 6.45) is 0. The third kappa shape index (κ3) is 4.36. The number of ether oxygens (including phenoxy) is 1. The van der Waals surface area contributed by atoms with E-state index >= 15 is 0 Å². The molecule has 114 valence electrons. The molecule has 0 amide bonds. The van der Waals surface area contributed by atoms with Crippen molar-refractivity contribution < 1.29 is 13.5 Å². The lowest BCUT2D eigenvalue weighted by molar-refractivity contribution is 0.307. The fourth-order valence-electron chi connectivity index (χ4n) is 1.72. The highest BCUT2D eigenvalue weighted by atomic mass is 35.5. The van der Waals surface area contributed by atoms with Gasteiger partial charge in [-0.2, -0.15) is 5.26 Å². The largest absolute Gasteiger partial charge is 0.487 e. The van der Waals surface area contributed by atoms with Gasteiger partial charge in [-0.1, -0.05) is 23.2 Å². The molecule has 5 nitrogen and oxygen atoms in total. The second kappa shape index (κ2) is 7.47. The van der Waals surface area contributed by atoms with Gasteiger partial charge >= 0.3 is 0 Å². The van der Waals surface area contributed by atoms with E-state index in [9.17, 15) is 4.21 Å². The van der Waals surface area contributed by atoms with Gasteiger partial charge in [0.05, 0.1) is 22.3 Å². The molecule has 0 radical (unpaired) electrons. The number of nitriles is 1. The Morgan fingerprint density at radius 2 is 2.05 bits per heavy atom. The number of rotatable bonds is 5. The van der Waals surface area contributed by atoms with Crippen molar-refractivity contribution in [1.82, 2.24) is 0 Å². The number of benzene rings is 2. The first kappa shape index (κ1) is 16.6. The van der Waals surface area contributed by atoms with Crippen LogP contribution < -0.4 is 9.46 Å². The Labute approximate surface area is 139 Å². The van der Waals surface area contributed by atoms with Crippen molar-refractivity contribution in [2.24, 2.45) is 0 Å².